The third kappa shape index (κ3) is 2.05. The molecular formula is C8H13N3O2. The summed E-state index contributed by atoms with van der Waals surface area (Å²) in [7, 11) is 1.58. The lowest BCUT2D eigenvalue weighted by Gasteiger charge is -2.01. The fraction of sp³-hybridized carbons (Fsp3) is 0.625. The number of hydrogen-bond donors (Lipinski definition) is 1. The van der Waals surface area contributed by atoms with Crippen LogP contribution in [0.15, 0.2) is 0 Å². The van der Waals surface area contributed by atoms with Gasteiger partial charge in [0.2, 0.25) is 0 Å². The van der Waals surface area contributed by atoms with E-state index in [-0.39, 0.29) is 5.69 Å². The number of hydrogen-bond acceptors (Lipinski definition) is 3. The molecule has 5 nitrogen and oxygen atoms in total. The average molecular weight is 183 g/mol. The van der Waals surface area contributed by atoms with Gasteiger partial charge in [-0.05, 0) is 12.3 Å². The summed E-state index contributed by atoms with van der Waals surface area (Å²) < 4.78 is 1.29. The molecule has 1 aromatic rings. The molecule has 5 heteroatoms. The van der Waals surface area contributed by atoms with Crippen LogP contribution in [-0.2, 0) is 13.5 Å². The highest BCUT2D eigenvalue weighted by molar-refractivity contribution is 5.86. The summed E-state index contributed by atoms with van der Waals surface area (Å²) in [4.78, 5) is 10.8. The molecule has 0 aliphatic carbocycles. The van der Waals surface area contributed by atoms with Gasteiger partial charge in [0.1, 0.15) is 0 Å². The van der Waals surface area contributed by atoms with Crippen LogP contribution in [0.25, 0.3) is 0 Å². The Morgan fingerprint density at radius 1 is 1.62 bits per heavy atom. The molecule has 1 N–H and O–H groups in total. The predicted molar refractivity (Wildman–Crippen MR) is 46.5 cm³/mol. The Labute approximate surface area is 76.4 Å². The Kier molecular flexibility index (Phi) is 2.65. The zero-order chi connectivity index (χ0) is 10.0. The lowest BCUT2D eigenvalue weighted by Crippen LogP contribution is -2.09. The van der Waals surface area contributed by atoms with Crippen molar-refractivity contribution in [1.29, 1.82) is 0 Å². The van der Waals surface area contributed by atoms with Crippen molar-refractivity contribution < 1.29 is 9.90 Å². The maximum absolute atomic E-state index is 10.8. The van der Waals surface area contributed by atoms with Gasteiger partial charge in [-0.3, -0.25) is 0 Å². The molecule has 1 rings (SSSR count). The quantitative estimate of drug-likeness (QED) is 0.749. The molecule has 0 fully saturated rings. The van der Waals surface area contributed by atoms with E-state index in [1.807, 2.05) is 13.8 Å². The van der Waals surface area contributed by atoms with Crippen LogP contribution < -0.4 is 0 Å². The summed E-state index contributed by atoms with van der Waals surface area (Å²) in [6.45, 7) is 4.03. The molecule has 0 spiro atoms. The third-order valence-electron chi connectivity index (χ3n) is 1.70. The molecule has 0 bridgehead atoms. The molecule has 0 aliphatic rings. The molecule has 13 heavy (non-hydrogen) atoms. The van der Waals surface area contributed by atoms with Crippen molar-refractivity contribution in [2.75, 3.05) is 0 Å². The maximum atomic E-state index is 10.8. The maximum Gasteiger partial charge on any atom is 0.356 e. The monoisotopic (exact) mass is 183 g/mol. The molecule has 0 aliphatic heterocycles. The minimum atomic E-state index is -0.969. The highest BCUT2D eigenvalue weighted by Gasteiger charge is 2.17. The van der Waals surface area contributed by atoms with Gasteiger partial charge in [-0.1, -0.05) is 19.1 Å². The first-order valence-electron chi connectivity index (χ1n) is 4.14. The van der Waals surface area contributed by atoms with Crippen LogP contribution >= 0.6 is 0 Å². The number of rotatable bonds is 3. The molecule has 1 heterocycles. The fourth-order valence-corrected chi connectivity index (χ4v) is 1.19. The number of aromatic carboxylic acids is 1. The van der Waals surface area contributed by atoms with Gasteiger partial charge >= 0.3 is 5.97 Å². The highest BCUT2D eigenvalue weighted by Crippen LogP contribution is 2.09. The van der Waals surface area contributed by atoms with Gasteiger partial charge in [-0.25, -0.2) is 9.48 Å². The van der Waals surface area contributed by atoms with E-state index in [0.29, 0.717) is 18.0 Å². The topological polar surface area (TPSA) is 68.0 Å². The van der Waals surface area contributed by atoms with Crippen LogP contribution in [0.1, 0.15) is 30.0 Å². The Morgan fingerprint density at radius 2 is 2.23 bits per heavy atom. The minimum absolute atomic E-state index is 0.189. The molecule has 0 unspecified atom stereocenters. The van der Waals surface area contributed by atoms with Crippen molar-refractivity contribution >= 4 is 5.97 Å². The summed E-state index contributed by atoms with van der Waals surface area (Å²) in [5.41, 5.74) is 0.749. The smallest absolute Gasteiger partial charge is 0.356 e. The molecule has 0 radical (unpaired) electrons. The lowest BCUT2D eigenvalue weighted by molar-refractivity contribution is 0.0683. The number of aryl methyl sites for hydroxylation is 1. The Morgan fingerprint density at radius 3 is 2.69 bits per heavy atom. The summed E-state index contributed by atoms with van der Waals surface area (Å²) in [6, 6.07) is 0. The lowest BCUT2D eigenvalue weighted by atomic mass is 10.1. The molecule has 1 aromatic heterocycles. The van der Waals surface area contributed by atoms with E-state index in [2.05, 4.69) is 10.3 Å². The van der Waals surface area contributed by atoms with Crippen LogP contribution in [0.2, 0.25) is 0 Å². The zero-order valence-electron chi connectivity index (χ0n) is 7.98. The number of carboxylic acids is 1. The summed E-state index contributed by atoms with van der Waals surface area (Å²) in [5, 5.41) is 16.3. The number of nitrogens with zero attached hydrogens (tertiary/aromatic N) is 3. The van der Waals surface area contributed by atoms with Crippen molar-refractivity contribution in [3.8, 4) is 0 Å². The van der Waals surface area contributed by atoms with Crippen LogP contribution in [0.5, 0.6) is 0 Å². The van der Waals surface area contributed by atoms with Gasteiger partial charge in [0.05, 0.1) is 5.69 Å². The normalized spacial score (nSPS) is 10.8. The molecule has 0 aromatic carbocycles. The van der Waals surface area contributed by atoms with Crippen molar-refractivity contribution in [3.63, 3.8) is 0 Å². The molecule has 0 saturated carbocycles. The van der Waals surface area contributed by atoms with Crippen molar-refractivity contribution in [2.24, 2.45) is 13.0 Å². The second kappa shape index (κ2) is 3.55. The van der Waals surface area contributed by atoms with Gasteiger partial charge in [0.25, 0.3) is 0 Å². The van der Waals surface area contributed by atoms with Gasteiger partial charge in [0.15, 0.2) is 5.69 Å². The van der Waals surface area contributed by atoms with E-state index in [1.165, 1.54) is 4.68 Å². The first-order valence-corrected chi connectivity index (χ1v) is 4.14. The van der Waals surface area contributed by atoms with Crippen molar-refractivity contribution in [2.45, 2.75) is 20.3 Å². The minimum Gasteiger partial charge on any atom is -0.476 e. The predicted octanol–water partition coefficient (Wildman–Crippen LogP) is 0.712. The molecule has 0 atom stereocenters. The van der Waals surface area contributed by atoms with Gasteiger partial charge in [-0.2, -0.15) is 0 Å². The zero-order valence-corrected chi connectivity index (χ0v) is 7.98. The second-order valence-electron chi connectivity index (χ2n) is 3.41. The summed E-state index contributed by atoms with van der Waals surface area (Å²) in [6.07, 6.45) is 0.648. The number of carboxylic acid groups (broad SMARTS) is 1. The summed E-state index contributed by atoms with van der Waals surface area (Å²) >= 11 is 0. The molecular weight excluding hydrogens is 170 g/mol. The van der Waals surface area contributed by atoms with Gasteiger partial charge in [-0.15, -0.1) is 5.10 Å². The second-order valence-corrected chi connectivity index (χ2v) is 3.41. The van der Waals surface area contributed by atoms with E-state index in [4.69, 9.17) is 5.11 Å². The standard InChI is InChI=1S/C8H13N3O2/c1-5(2)4-6-7(8(12)13)11(3)10-9-6/h5H,4H2,1-3H3,(H,12,13). The van der Waals surface area contributed by atoms with E-state index in [0.717, 1.165) is 0 Å². The SMILES string of the molecule is CC(C)Cc1nnn(C)c1C(=O)O. The van der Waals surface area contributed by atoms with Crippen molar-refractivity contribution in [3.05, 3.63) is 11.4 Å². The molecule has 0 saturated heterocycles. The third-order valence-corrected chi connectivity index (χ3v) is 1.70. The first-order chi connectivity index (χ1) is 6.02. The Hall–Kier alpha value is -1.39. The van der Waals surface area contributed by atoms with Crippen LogP contribution in [0.4, 0.5) is 0 Å². The van der Waals surface area contributed by atoms with Crippen LogP contribution in [0.3, 0.4) is 0 Å². The first kappa shape index (κ1) is 9.70. The van der Waals surface area contributed by atoms with Gasteiger partial charge in [0, 0.05) is 7.05 Å². The van der Waals surface area contributed by atoms with Crippen LogP contribution in [0, 0.1) is 5.92 Å². The van der Waals surface area contributed by atoms with Gasteiger partial charge < -0.3 is 5.11 Å². The highest BCUT2D eigenvalue weighted by atomic mass is 16.4. The summed E-state index contributed by atoms with van der Waals surface area (Å²) in [5.74, 6) is -0.585. The molecule has 0 amide bonds. The Balaban J connectivity index is 3.00. The largest absolute Gasteiger partial charge is 0.476 e. The average Bonchev–Trinajstić information content (AvgIpc) is 2.30. The van der Waals surface area contributed by atoms with E-state index in [1.54, 1.807) is 7.05 Å². The van der Waals surface area contributed by atoms with E-state index >= 15 is 0 Å². The van der Waals surface area contributed by atoms with E-state index in [9.17, 15) is 4.79 Å². The number of aromatic nitrogens is 3. The fourth-order valence-electron chi connectivity index (χ4n) is 1.19. The Bertz CT molecular complexity index is 317. The number of carbonyl (C=O) groups is 1. The molecule has 72 valence electrons. The van der Waals surface area contributed by atoms with Crippen molar-refractivity contribution in [1.82, 2.24) is 15.0 Å². The van der Waals surface area contributed by atoms with Crippen LogP contribution in [-0.4, -0.2) is 26.1 Å². The van der Waals surface area contributed by atoms with E-state index < -0.39 is 5.97 Å².